The summed E-state index contributed by atoms with van der Waals surface area (Å²) in [6.45, 7) is 3.63. The predicted molar refractivity (Wildman–Crippen MR) is 70.3 cm³/mol. The second-order valence-corrected chi connectivity index (χ2v) is 4.74. The highest BCUT2D eigenvalue weighted by molar-refractivity contribution is 5.35. The lowest BCUT2D eigenvalue weighted by molar-refractivity contribution is 0.331. The molecule has 0 bridgehead atoms. The van der Waals surface area contributed by atoms with Gasteiger partial charge in [0.05, 0.1) is 0 Å². The first-order valence-electron chi connectivity index (χ1n) is 6.36. The van der Waals surface area contributed by atoms with Crippen molar-refractivity contribution < 1.29 is 0 Å². The van der Waals surface area contributed by atoms with E-state index in [9.17, 15) is 0 Å². The van der Waals surface area contributed by atoms with Gasteiger partial charge in [-0.05, 0) is 55.8 Å². The highest BCUT2D eigenvalue weighted by atomic mass is 15.1. The minimum Gasteiger partial charge on any atom is -0.324 e. The van der Waals surface area contributed by atoms with Crippen LogP contribution in [-0.4, -0.2) is 22.6 Å². The van der Waals surface area contributed by atoms with Gasteiger partial charge in [-0.25, -0.2) is 0 Å². The molecule has 1 aromatic carbocycles. The fourth-order valence-corrected chi connectivity index (χ4v) is 2.48. The summed E-state index contributed by atoms with van der Waals surface area (Å²) in [6, 6.07) is 13.0. The Labute approximate surface area is 102 Å². The van der Waals surface area contributed by atoms with Crippen molar-refractivity contribution in [3.63, 3.8) is 0 Å². The van der Waals surface area contributed by atoms with Crippen molar-refractivity contribution in [3.05, 3.63) is 54.4 Å². The maximum atomic E-state index is 2.53. The summed E-state index contributed by atoms with van der Waals surface area (Å²) in [5.41, 5.74) is 2.66. The summed E-state index contributed by atoms with van der Waals surface area (Å²) in [5, 5.41) is 0. The van der Waals surface area contributed by atoms with E-state index < -0.39 is 0 Å². The second kappa shape index (κ2) is 4.76. The van der Waals surface area contributed by atoms with E-state index in [1.165, 1.54) is 37.2 Å². The molecule has 0 saturated carbocycles. The first-order chi connectivity index (χ1) is 8.42. The zero-order chi connectivity index (χ0) is 11.5. The molecule has 0 atom stereocenters. The Bertz CT molecular complexity index is 450. The van der Waals surface area contributed by atoms with E-state index in [4.69, 9.17) is 0 Å². The summed E-state index contributed by atoms with van der Waals surface area (Å²) in [4.78, 5) is 2.53. The van der Waals surface area contributed by atoms with Crippen molar-refractivity contribution in [1.82, 2.24) is 9.47 Å². The first-order valence-corrected chi connectivity index (χ1v) is 6.36. The zero-order valence-electron chi connectivity index (χ0n) is 10.0. The molecule has 0 aliphatic carbocycles. The molecule has 1 aliphatic heterocycles. The van der Waals surface area contributed by atoms with Gasteiger partial charge >= 0.3 is 0 Å². The van der Waals surface area contributed by atoms with Crippen molar-refractivity contribution in [2.45, 2.75) is 19.4 Å². The number of rotatable bonds is 3. The molecule has 0 radical (unpaired) electrons. The smallest absolute Gasteiger partial charge is 0.0449 e. The highest BCUT2D eigenvalue weighted by Gasteiger charge is 2.11. The number of likely N-dealkylation sites (tertiary alicyclic amines) is 1. The van der Waals surface area contributed by atoms with Crippen LogP contribution in [0.4, 0.5) is 0 Å². The Morgan fingerprint density at radius 1 is 0.882 bits per heavy atom. The van der Waals surface area contributed by atoms with Crippen molar-refractivity contribution in [2.75, 3.05) is 13.1 Å². The van der Waals surface area contributed by atoms with Crippen LogP contribution in [0.5, 0.6) is 0 Å². The van der Waals surface area contributed by atoms with Gasteiger partial charge in [0.2, 0.25) is 0 Å². The van der Waals surface area contributed by atoms with E-state index in [-0.39, 0.29) is 0 Å². The number of hydrogen-bond donors (Lipinski definition) is 0. The third kappa shape index (κ3) is 2.42. The van der Waals surface area contributed by atoms with Gasteiger partial charge in [-0.3, -0.25) is 4.90 Å². The molecule has 2 nitrogen and oxygen atoms in total. The fourth-order valence-electron chi connectivity index (χ4n) is 2.48. The molecule has 17 heavy (non-hydrogen) atoms. The summed E-state index contributed by atoms with van der Waals surface area (Å²) >= 11 is 0. The normalized spacial score (nSPS) is 16.5. The van der Waals surface area contributed by atoms with Crippen LogP contribution in [0.1, 0.15) is 18.4 Å². The molecular weight excluding hydrogens is 208 g/mol. The van der Waals surface area contributed by atoms with Gasteiger partial charge in [-0.2, -0.15) is 0 Å². The number of nitrogens with zero attached hydrogens (tertiary/aromatic N) is 2. The SMILES string of the molecule is c1ccn(-c2ccc(CN3CCCC3)cc2)c1. The highest BCUT2D eigenvalue weighted by Crippen LogP contribution is 2.15. The molecule has 0 unspecified atom stereocenters. The Kier molecular flexibility index (Phi) is 2.97. The van der Waals surface area contributed by atoms with Gasteiger partial charge in [0, 0.05) is 24.6 Å². The minimum atomic E-state index is 1.10. The van der Waals surface area contributed by atoms with Gasteiger partial charge in [-0.15, -0.1) is 0 Å². The van der Waals surface area contributed by atoms with Crippen LogP contribution < -0.4 is 0 Å². The summed E-state index contributed by atoms with van der Waals surface area (Å²) in [6.07, 6.45) is 6.88. The topological polar surface area (TPSA) is 8.17 Å². The third-order valence-electron chi connectivity index (χ3n) is 3.44. The van der Waals surface area contributed by atoms with Crippen molar-refractivity contribution in [3.8, 4) is 5.69 Å². The largest absolute Gasteiger partial charge is 0.324 e. The van der Waals surface area contributed by atoms with Crippen LogP contribution in [0, 0.1) is 0 Å². The van der Waals surface area contributed by atoms with E-state index in [1.54, 1.807) is 0 Å². The standard InChI is InChI=1S/C15H18N2/c1-2-10-16(9-1)13-14-5-7-15(8-6-14)17-11-3-4-12-17/h3-8,11-12H,1-2,9-10,13H2. The molecule has 0 N–H and O–H groups in total. The van der Waals surface area contributed by atoms with Gasteiger partial charge in [0.1, 0.15) is 0 Å². The molecule has 2 heterocycles. The van der Waals surface area contributed by atoms with Gasteiger partial charge in [-0.1, -0.05) is 12.1 Å². The minimum absolute atomic E-state index is 1.10. The number of aromatic nitrogens is 1. The zero-order valence-corrected chi connectivity index (χ0v) is 10.0. The van der Waals surface area contributed by atoms with Crippen LogP contribution in [0.3, 0.4) is 0 Å². The van der Waals surface area contributed by atoms with Crippen LogP contribution in [0.25, 0.3) is 5.69 Å². The lowest BCUT2D eigenvalue weighted by Gasteiger charge is -2.14. The Morgan fingerprint density at radius 2 is 1.53 bits per heavy atom. The van der Waals surface area contributed by atoms with E-state index >= 15 is 0 Å². The van der Waals surface area contributed by atoms with Gasteiger partial charge < -0.3 is 4.57 Å². The molecular formula is C15H18N2. The first kappa shape index (κ1) is 10.6. The monoisotopic (exact) mass is 226 g/mol. The lowest BCUT2D eigenvalue weighted by atomic mass is 10.2. The average molecular weight is 226 g/mol. The second-order valence-electron chi connectivity index (χ2n) is 4.74. The Balaban J connectivity index is 1.71. The van der Waals surface area contributed by atoms with Gasteiger partial charge in [0.25, 0.3) is 0 Å². The molecule has 1 saturated heterocycles. The average Bonchev–Trinajstić information content (AvgIpc) is 3.01. The fraction of sp³-hybridized carbons (Fsp3) is 0.333. The van der Waals surface area contributed by atoms with E-state index in [1.807, 2.05) is 0 Å². The molecule has 1 aromatic heterocycles. The van der Waals surface area contributed by atoms with E-state index in [2.05, 4.69) is 58.3 Å². The van der Waals surface area contributed by atoms with Crippen LogP contribution in [-0.2, 0) is 6.54 Å². The van der Waals surface area contributed by atoms with Crippen molar-refractivity contribution >= 4 is 0 Å². The lowest BCUT2D eigenvalue weighted by Crippen LogP contribution is -2.18. The van der Waals surface area contributed by atoms with Crippen LogP contribution >= 0.6 is 0 Å². The molecule has 2 aromatic rings. The van der Waals surface area contributed by atoms with Crippen molar-refractivity contribution in [1.29, 1.82) is 0 Å². The van der Waals surface area contributed by atoms with Crippen molar-refractivity contribution in [2.24, 2.45) is 0 Å². The maximum absolute atomic E-state index is 2.53. The van der Waals surface area contributed by atoms with Crippen LogP contribution in [0.2, 0.25) is 0 Å². The third-order valence-corrected chi connectivity index (χ3v) is 3.44. The predicted octanol–water partition coefficient (Wildman–Crippen LogP) is 3.07. The Hall–Kier alpha value is -1.54. The maximum Gasteiger partial charge on any atom is 0.0449 e. The number of hydrogen-bond acceptors (Lipinski definition) is 1. The van der Waals surface area contributed by atoms with Crippen LogP contribution in [0.15, 0.2) is 48.8 Å². The van der Waals surface area contributed by atoms with Gasteiger partial charge in [0.15, 0.2) is 0 Å². The van der Waals surface area contributed by atoms with E-state index in [0.29, 0.717) is 0 Å². The molecule has 1 fully saturated rings. The summed E-state index contributed by atoms with van der Waals surface area (Å²) in [5.74, 6) is 0. The molecule has 3 rings (SSSR count). The molecule has 2 heteroatoms. The molecule has 0 amide bonds. The molecule has 0 spiro atoms. The molecule has 88 valence electrons. The summed E-state index contributed by atoms with van der Waals surface area (Å²) in [7, 11) is 0. The molecule has 1 aliphatic rings. The summed E-state index contributed by atoms with van der Waals surface area (Å²) < 4.78 is 2.14. The Morgan fingerprint density at radius 3 is 2.18 bits per heavy atom. The number of benzene rings is 1. The quantitative estimate of drug-likeness (QED) is 0.781. The van der Waals surface area contributed by atoms with E-state index in [0.717, 1.165) is 6.54 Å².